The van der Waals surface area contributed by atoms with Gasteiger partial charge in [0, 0.05) is 6.07 Å². The normalized spacial score (nSPS) is 10.0. The summed E-state index contributed by atoms with van der Waals surface area (Å²) in [7, 11) is 0. The van der Waals surface area contributed by atoms with Crippen molar-refractivity contribution in [2.45, 2.75) is 18.4 Å². The highest BCUT2D eigenvalue weighted by atomic mass is 32.2. The van der Waals surface area contributed by atoms with Crippen LogP contribution in [0.3, 0.4) is 0 Å². The van der Waals surface area contributed by atoms with Gasteiger partial charge in [-0.1, -0.05) is 6.92 Å². The van der Waals surface area contributed by atoms with Gasteiger partial charge in [0.25, 0.3) is 0 Å². The Morgan fingerprint density at radius 3 is 3.00 bits per heavy atom. The molecule has 0 saturated carbocycles. The quantitative estimate of drug-likeness (QED) is 0.516. The second kappa shape index (κ2) is 4.28. The van der Waals surface area contributed by atoms with Crippen LogP contribution >= 0.6 is 11.8 Å². The monoisotopic (exact) mass is 172 g/mol. The van der Waals surface area contributed by atoms with Gasteiger partial charge in [-0.2, -0.15) is 4.39 Å². The van der Waals surface area contributed by atoms with Crippen LogP contribution in [0.2, 0.25) is 0 Å². The molecule has 0 aromatic carbocycles. The standard InChI is InChI=1S/C7H9FN2S/c1-2-3-11-7-4-6(8)9-5-10-7/h4-5H,2-3H2,1H3. The van der Waals surface area contributed by atoms with Gasteiger partial charge in [-0.3, -0.25) is 0 Å². The fourth-order valence-electron chi connectivity index (χ4n) is 0.603. The lowest BCUT2D eigenvalue weighted by atomic mass is 10.6. The van der Waals surface area contributed by atoms with E-state index in [0.29, 0.717) is 5.03 Å². The van der Waals surface area contributed by atoms with Gasteiger partial charge in [0.2, 0.25) is 5.95 Å². The van der Waals surface area contributed by atoms with Gasteiger partial charge >= 0.3 is 0 Å². The Bertz CT molecular complexity index is 229. The summed E-state index contributed by atoms with van der Waals surface area (Å²) in [6, 6.07) is 1.35. The third-order valence-corrected chi connectivity index (χ3v) is 2.19. The molecule has 2 nitrogen and oxygen atoms in total. The van der Waals surface area contributed by atoms with Crippen LogP contribution in [-0.2, 0) is 0 Å². The minimum atomic E-state index is -0.460. The molecule has 0 bridgehead atoms. The van der Waals surface area contributed by atoms with Crippen molar-refractivity contribution in [1.82, 2.24) is 9.97 Å². The minimum absolute atomic E-state index is 0.460. The van der Waals surface area contributed by atoms with E-state index in [1.807, 2.05) is 0 Å². The molecule has 0 aliphatic heterocycles. The highest BCUT2D eigenvalue weighted by molar-refractivity contribution is 7.99. The van der Waals surface area contributed by atoms with Gasteiger partial charge in [0.15, 0.2) is 0 Å². The Balaban J connectivity index is 2.56. The van der Waals surface area contributed by atoms with Crippen molar-refractivity contribution < 1.29 is 4.39 Å². The van der Waals surface area contributed by atoms with E-state index < -0.39 is 5.95 Å². The lowest BCUT2D eigenvalue weighted by molar-refractivity contribution is 0.572. The van der Waals surface area contributed by atoms with Gasteiger partial charge in [-0.15, -0.1) is 11.8 Å². The average molecular weight is 172 g/mol. The van der Waals surface area contributed by atoms with Crippen LogP contribution in [0.5, 0.6) is 0 Å². The molecule has 0 fully saturated rings. The predicted octanol–water partition coefficient (Wildman–Crippen LogP) is 2.12. The summed E-state index contributed by atoms with van der Waals surface area (Å²) >= 11 is 1.54. The summed E-state index contributed by atoms with van der Waals surface area (Å²) in [4.78, 5) is 7.25. The van der Waals surface area contributed by atoms with Crippen molar-refractivity contribution in [1.29, 1.82) is 0 Å². The van der Waals surface area contributed by atoms with E-state index in [0.717, 1.165) is 12.2 Å². The summed E-state index contributed by atoms with van der Waals surface area (Å²) in [6.45, 7) is 2.07. The second-order valence-electron chi connectivity index (χ2n) is 2.03. The molecule has 1 rings (SSSR count). The maximum absolute atomic E-state index is 12.4. The van der Waals surface area contributed by atoms with Crippen molar-refractivity contribution >= 4 is 11.8 Å². The number of thioether (sulfide) groups is 1. The van der Waals surface area contributed by atoms with Crippen molar-refractivity contribution in [3.63, 3.8) is 0 Å². The zero-order valence-corrected chi connectivity index (χ0v) is 7.07. The van der Waals surface area contributed by atoms with Crippen LogP contribution < -0.4 is 0 Å². The van der Waals surface area contributed by atoms with E-state index in [1.165, 1.54) is 12.4 Å². The molecular formula is C7H9FN2S. The van der Waals surface area contributed by atoms with Crippen LogP contribution in [-0.4, -0.2) is 15.7 Å². The lowest BCUT2D eigenvalue weighted by Gasteiger charge is -1.96. The molecule has 0 spiro atoms. The lowest BCUT2D eigenvalue weighted by Crippen LogP contribution is -1.87. The molecule has 0 amide bonds. The number of rotatable bonds is 3. The van der Waals surface area contributed by atoms with Crippen molar-refractivity contribution in [2.75, 3.05) is 5.75 Å². The highest BCUT2D eigenvalue weighted by Gasteiger charge is 1.96. The first kappa shape index (κ1) is 8.46. The predicted molar refractivity (Wildman–Crippen MR) is 43.0 cm³/mol. The first-order chi connectivity index (χ1) is 5.33. The summed E-state index contributed by atoms with van der Waals surface area (Å²) < 4.78 is 12.4. The molecule has 0 aliphatic rings. The van der Waals surface area contributed by atoms with Crippen molar-refractivity contribution in [2.24, 2.45) is 0 Å². The van der Waals surface area contributed by atoms with E-state index in [2.05, 4.69) is 16.9 Å². The summed E-state index contributed by atoms with van der Waals surface area (Å²) in [5.41, 5.74) is 0. The summed E-state index contributed by atoms with van der Waals surface area (Å²) in [6.07, 6.45) is 2.31. The molecular weight excluding hydrogens is 163 g/mol. The fraction of sp³-hybridized carbons (Fsp3) is 0.429. The smallest absolute Gasteiger partial charge is 0.217 e. The van der Waals surface area contributed by atoms with Crippen LogP contribution in [0.4, 0.5) is 4.39 Å². The fourth-order valence-corrected chi connectivity index (χ4v) is 1.32. The third-order valence-electron chi connectivity index (χ3n) is 1.06. The maximum atomic E-state index is 12.4. The number of hydrogen-bond donors (Lipinski definition) is 0. The molecule has 4 heteroatoms. The van der Waals surface area contributed by atoms with Crippen LogP contribution in [0, 0.1) is 5.95 Å². The molecule has 1 aromatic heterocycles. The van der Waals surface area contributed by atoms with Crippen LogP contribution in [0.15, 0.2) is 17.4 Å². The first-order valence-electron chi connectivity index (χ1n) is 3.43. The van der Waals surface area contributed by atoms with Crippen molar-refractivity contribution in [3.05, 3.63) is 18.3 Å². The average Bonchev–Trinajstić information content (AvgIpc) is 2.01. The van der Waals surface area contributed by atoms with E-state index >= 15 is 0 Å². The number of aromatic nitrogens is 2. The summed E-state index contributed by atoms with van der Waals surface area (Å²) in [5, 5.41) is 0.708. The minimum Gasteiger partial charge on any atom is -0.230 e. The molecule has 0 N–H and O–H groups in total. The Kier molecular flexibility index (Phi) is 3.29. The zero-order valence-electron chi connectivity index (χ0n) is 6.25. The Morgan fingerprint density at radius 2 is 2.36 bits per heavy atom. The van der Waals surface area contributed by atoms with Crippen molar-refractivity contribution in [3.8, 4) is 0 Å². The van der Waals surface area contributed by atoms with Crippen LogP contribution in [0.25, 0.3) is 0 Å². The Hall–Kier alpha value is -0.640. The van der Waals surface area contributed by atoms with E-state index in [-0.39, 0.29) is 0 Å². The highest BCUT2D eigenvalue weighted by Crippen LogP contribution is 2.14. The first-order valence-corrected chi connectivity index (χ1v) is 4.42. The molecule has 0 saturated heterocycles. The SMILES string of the molecule is CCCSc1cc(F)ncn1. The number of hydrogen-bond acceptors (Lipinski definition) is 3. The topological polar surface area (TPSA) is 25.8 Å². The molecule has 60 valence electrons. The van der Waals surface area contributed by atoms with Gasteiger partial charge < -0.3 is 0 Å². The zero-order chi connectivity index (χ0) is 8.10. The Labute approximate surface area is 69.3 Å². The molecule has 0 aliphatic carbocycles. The molecule has 0 unspecified atom stereocenters. The number of nitrogens with zero attached hydrogens (tertiary/aromatic N) is 2. The Morgan fingerprint density at radius 1 is 1.55 bits per heavy atom. The largest absolute Gasteiger partial charge is 0.230 e. The van der Waals surface area contributed by atoms with Gasteiger partial charge in [-0.25, -0.2) is 9.97 Å². The van der Waals surface area contributed by atoms with Crippen LogP contribution in [0.1, 0.15) is 13.3 Å². The molecule has 1 heterocycles. The second-order valence-corrected chi connectivity index (χ2v) is 3.14. The van der Waals surface area contributed by atoms with Gasteiger partial charge in [-0.05, 0) is 12.2 Å². The summed E-state index contributed by atoms with van der Waals surface area (Å²) in [5.74, 6) is 0.509. The van der Waals surface area contributed by atoms with Gasteiger partial charge in [0.05, 0.1) is 0 Å². The van der Waals surface area contributed by atoms with Gasteiger partial charge in [0.1, 0.15) is 11.4 Å². The molecule has 11 heavy (non-hydrogen) atoms. The van der Waals surface area contributed by atoms with E-state index in [1.54, 1.807) is 11.8 Å². The molecule has 1 aromatic rings. The van der Waals surface area contributed by atoms with E-state index in [9.17, 15) is 4.39 Å². The maximum Gasteiger partial charge on any atom is 0.217 e. The van der Waals surface area contributed by atoms with E-state index in [4.69, 9.17) is 0 Å². The third kappa shape index (κ3) is 2.84. The number of halogens is 1. The molecule has 0 atom stereocenters. The molecule has 0 radical (unpaired) electrons.